The molecule has 3 N–H and O–H groups in total. The molecule has 4 nitrogen and oxygen atoms in total. The van der Waals surface area contributed by atoms with Crippen LogP contribution < -0.4 is 0 Å². The second kappa shape index (κ2) is 6.89. The number of rotatable bonds is 4. The van der Waals surface area contributed by atoms with E-state index in [9.17, 15) is 15.3 Å². The molecule has 128 valence electrons. The first-order valence-electron chi connectivity index (χ1n) is 8.81. The predicted octanol–water partition coefficient (Wildman–Crippen LogP) is 2.00. The lowest BCUT2D eigenvalue weighted by Crippen LogP contribution is -2.48. The topological polar surface area (TPSA) is 63.9 Å². The van der Waals surface area contributed by atoms with Crippen molar-refractivity contribution in [3.8, 4) is 0 Å². The van der Waals surface area contributed by atoms with E-state index in [1.807, 2.05) is 12.1 Å². The lowest BCUT2D eigenvalue weighted by Gasteiger charge is -2.46. The van der Waals surface area contributed by atoms with Crippen molar-refractivity contribution in [1.29, 1.82) is 0 Å². The van der Waals surface area contributed by atoms with Gasteiger partial charge in [-0.15, -0.1) is 0 Å². The Morgan fingerprint density at radius 2 is 1.87 bits per heavy atom. The van der Waals surface area contributed by atoms with Crippen LogP contribution in [0.3, 0.4) is 0 Å². The van der Waals surface area contributed by atoms with Gasteiger partial charge in [0.15, 0.2) is 0 Å². The minimum absolute atomic E-state index is 0.0311. The molecule has 0 radical (unpaired) electrons. The Morgan fingerprint density at radius 3 is 2.52 bits per heavy atom. The van der Waals surface area contributed by atoms with Gasteiger partial charge in [0.05, 0.1) is 19.3 Å². The van der Waals surface area contributed by atoms with E-state index in [1.165, 1.54) is 11.1 Å². The van der Waals surface area contributed by atoms with Crippen molar-refractivity contribution in [3.63, 3.8) is 0 Å². The van der Waals surface area contributed by atoms with Crippen LogP contribution in [0.4, 0.5) is 0 Å². The molecular weight excluding hydrogens is 290 g/mol. The molecule has 0 aliphatic carbocycles. The molecule has 1 aromatic rings. The molecule has 4 heteroatoms. The molecule has 1 saturated heterocycles. The number of hydrogen-bond donors (Lipinski definition) is 3. The van der Waals surface area contributed by atoms with Gasteiger partial charge in [0.25, 0.3) is 0 Å². The summed E-state index contributed by atoms with van der Waals surface area (Å²) in [6, 6.07) is 4.34. The molecule has 0 bridgehead atoms. The molecule has 2 aliphatic rings. The fourth-order valence-electron chi connectivity index (χ4n) is 4.37. The lowest BCUT2D eigenvalue weighted by molar-refractivity contribution is -0.0191. The van der Waals surface area contributed by atoms with E-state index in [0.29, 0.717) is 11.8 Å². The van der Waals surface area contributed by atoms with Gasteiger partial charge in [-0.05, 0) is 53.4 Å². The van der Waals surface area contributed by atoms with E-state index in [2.05, 4.69) is 18.7 Å². The van der Waals surface area contributed by atoms with Crippen molar-refractivity contribution in [3.05, 3.63) is 34.4 Å². The highest BCUT2D eigenvalue weighted by Crippen LogP contribution is 2.40. The second-order valence-corrected chi connectivity index (χ2v) is 7.59. The third-order valence-electron chi connectivity index (χ3n) is 5.52. The number of aliphatic hydroxyl groups is 3. The van der Waals surface area contributed by atoms with Gasteiger partial charge < -0.3 is 15.3 Å². The molecule has 23 heavy (non-hydrogen) atoms. The maximum Gasteiger partial charge on any atom is 0.0685 e. The van der Waals surface area contributed by atoms with E-state index >= 15 is 0 Å². The summed E-state index contributed by atoms with van der Waals surface area (Å²) in [6.45, 7) is 6.33. The number of piperidine rings is 1. The van der Waals surface area contributed by atoms with Crippen LogP contribution in [0.5, 0.6) is 0 Å². The molecule has 1 aromatic carbocycles. The van der Waals surface area contributed by atoms with Gasteiger partial charge in [-0.3, -0.25) is 4.90 Å². The molecule has 0 amide bonds. The SMILES string of the molecule is CC(C)C[C@@H]1CN2CCc3cc(CO)c(CO)cc3[C@@H]2C[C@@H]1O. The first-order chi connectivity index (χ1) is 11.0. The molecule has 0 saturated carbocycles. The molecule has 0 spiro atoms. The number of hydrogen-bond acceptors (Lipinski definition) is 4. The summed E-state index contributed by atoms with van der Waals surface area (Å²) >= 11 is 0. The van der Waals surface area contributed by atoms with Crippen molar-refractivity contribution in [2.75, 3.05) is 13.1 Å². The van der Waals surface area contributed by atoms with E-state index in [1.54, 1.807) is 0 Å². The summed E-state index contributed by atoms with van der Waals surface area (Å²) in [6.07, 6.45) is 2.57. The number of fused-ring (bicyclic) bond motifs is 3. The number of benzene rings is 1. The van der Waals surface area contributed by atoms with Crippen LogP contribution in [0.15, 0.2) is 12.1 Å². The fourth-order valence-corrected chi connectivity index (χ4v) is 4.37. The standard InChI is InChI=1S/C19H29NO3/c1-12(2)5-14-9-20-4-3-13-6-15(10-21)16(11-22)7-17(13)18(20)8-19(14)23/h6-7,12,14,18-19,21-23H,3-5,8-11H2,1-2H3/t14-,18+,19+/m1/s1. The Balaban J connectivity index is 1.87. The Hall–Kier alpha value is -0.940. The number of aliphatic hydroxyl groups excluding tert-OH is 3. The Labute approximate surface area is 138 Å². The minimum Gasteiger partial charge on any atom is -0.393 e. The zero-order valence-electron chi connectivity index (χ0n) is 14.2. The van der Waals surface area contributed by atoms with Crippen molar-refractivity contribution >= 4 is 0 Å². The van der Waals surface area contributed by atoms with Gasteiger partial charge >= 0.3 is 0 Å². The van der Waals surface area contributed by atoms with E-state index in [-0.39, 0.29) is 25.4 Å². The van der Waals surface area contributed by atoms with E-state index in [0.717, 1.165) is 43.5 Å². The summed E-state index contributed by atoms with van der Waals surface area (Å²) in [5.41, 5.74) is 4.14. The number of nitrogens with zero attached hydrogens (tertiary/aromatic N) is 1. The van der Waals surface area contributed by atoms with Gasteiger partial charge in [-0.25, -0.2) is 0 Å². The van der Waals surface area contributed by atoms with E-state index < -0.39 is 0 Å². The van der Waals surface area contributed by atoms with Gasteiger partial charge in [0.1, 0.15) is 0 Å². The highest BCUT2D eigenvalue weighted by Gasteiger charge is 2.38. The van der Waals surface area contributed by atoms with Crippen LogP contribution in [-0.4, -0.2) is 39.4 Å². The second-order valence-electron chi connectivity index (χ2n) is 7.59. The molecule has 2 heterocycles. The van der Waals surface area contributed by atoms with Gasteiger partial charge in [0, 0.05) is 19.1 Å². The van der Waals surface area contributed by atoms with Gasteiger partial charge in [-0.2, -0.15) is 0 Å². The van der Waals surface area contributed by atoms with Crippen molar-refractivity contribution in [2.45, 2.75) is 58.5 Å². The van der Waals surface area contributed by atoms with Crippen molar-refractivity contribution in [1.82, 2.24) is 4.90 Å². The molecular formula is C19H29NO3. The maximum atomic E-state index is 10.6. The Bertz CT molecular complexity index is 558. The molecule has 0 aromatic heterocycles. The normalized spacial score (nSPS) is 27.8. The van der Waals surface area contributed by atoms with Crippen molar-refractivity contribution < 1.29 is 15.3 Å². The average Bonchev–Trinajstić information content (AvgIpc) is 2.53. The van der Waals surface area contributed by atoms with Crippen LogP contribution in [0, 0.1) is 11.8 Å². The minimum atomic E-state index is -0.250. The molecule has 3 atom stereocenters. The summed E-state index contributed by atoms with van der Waals surface area (Å²) in [5, 5.41) is 29.6. The summed E-state index contributed by atoms with van der Waals surface area (Å²) < 4.78 is 0. The molecule has 1 fully saturated rings. The van der Waals surface area contributed by atoms with Crippen LogP contribution in [0.2, 0.25) is 0 Å². The fraction of sp³-hybridized carbons (Fsp3) is 0.684. The Kier molecular flexibility index (Phi) is 5.07. The summed E-state index contributed by atoms with van der Waals surface area (Å²) in [7, 11) is 0. The molecule has 3 rings (SSSR count). The predicted molar refractivity (Wildman–Crippen MR) is 89.9 cm³/mol. The summed E-state index contributed by atoms with van der Waals surface area (Å²) in [4.78, 5) is 2.50. The summed E-state index contributed by atoms with van der Waals surface area (Å²) in [5.74, 6) is 0.971. The third-order valence-corrected chi connectivity index (χ3v) is 5.52. The highest BCUT2D eigenvalue weighted by atomic mass is 16.3. The van der Waals surface area contributed by atoms with Crippen LogP contribution in [0.25, 0.3) is 0 Å². The molecule has 0 unspecified atom stereocenters. The quantitative estimate of drug-likeness (QED) is 0.794. The zero-order valence-corrected chi connectivity index (χ0v) is 14.2. The zero-order chi connectivity index (χ0) is 16.6. The van der Waals surface area contributed by atoms with Crippen LogP contribution >= 0.6 is 0 Å². The lowest BCUT2D eigenvalue weighted by atomic mass is 9.78. The largest absolute Gasteiger partial charge is 0.393 e. The average molecular weight is 319 g/mol. The monoisotopic (exact) mass is 319 g/mol. The first-order valence-corrected chi connectivity index (χ1v) is 8.81. The molecule has 2 aliphatic heterocycles. The Morgan fingerprint density at radius 1 is 1.17 bits per heavy atom. The third kappa shape index (κ3) is 3.31. The maximum absolute atomic E-state index is 10.6. The highest BCUT2D eigenvalue weighted by molar-refractivity contribution is 5.41. The smallest absolute Gasteiger partial charge is 0.0685 e. The van der Waals surface area contributed by atoms with Crippen LogP contribution in [-0.2, 0) is 19.6 Å². The first kappa shape index (κ1) is 16.9. The van der Waals surface area contributed by atoms with E-state index in [4.69, 9.17) is 0 Å². The van der Waals surface area contributed by atoms with Crippen LogP contribution in [0.1, 0.15) is 55.0 Å². The van der Waals surface area contributed by atoms with Gasteiger partial charge in [-0.1, -0.05) is 26.0 Å². The van der Waals surface area contributed by atoms with Gasteiger partial charge in [0.2, 0.25) is 0 Å². The van der Waals surface area contributed by atoms with Crippen molar-refractivity contribution in [2.24, 2.45) is 11.8 Å².